The number of carbonyl (C=O) groups excluding carboxylic acids is 1. The molecule has 2 rings (SSSR count). The van der Waals surface area contributed by atoms with Gasteiger partial charge in [-0.15, -0.1) is 0 Å². The van der Waals surface area contributed by atoms with Crippen LogP contribution in [0.3, 0.4) is 0 Å². The highest BCUT2D eigenvalue weighted by molar-refractivity contribution is 7.91. The maximum Gasteiger partial charge on any atom is 0.270 e. The van der Waals surface area contributed by atoms with Crippen LogP contribution in [0.1, 0.15) is 29.2 Å². The summed E-state index contributed by atoms with van der Waals surface area (Å²) in [5, 5.41) is 5.93. The maximum absolute atomic E-state index is 12.2. The molecule has 1 aliphatic rings. The van der Waals surface area contributed by atoms with Gasteiger partial charge in [-0.25, -0.2) is 18.4 Å². The Bertz CT molecular complexity index is 690. The lowest BCUT2D eigenvalue weighted by Gasteiger charge is -2.13. The van der Waals surface area contributed by atoms with E-state index in [2.05, 4.69) is 25.5 Å². The molecule has 0 bridgehead atoms. The Morgan fingerprint density at radius 2 is 2.12 bits per heavy atom. The largest absolute Gasteiger partial charge is 0.366 e. The molecule has 1 fully saturated rings. The average molecular weight is 355 g/mol. The van der Waals surface area contributed by atoms with Crippen LogP contribution >= 0.6 is 0 Å². The first-order valence-corrected chi connectivity index (χ1v) is 9.83. The summed E-state index contributed by atoms with van der Waals surface area (Å²) in [6.07, 6.45) is 1.41. The van der Waals surface area contributed by atoms with Crippen molar-refractivity contribution < 1.29 is 13.2 Å². The SMILES string of the molecule is Cc1nc(NC2CCS(=O)(=O)C2)cc(C(=O)NCCCN(C)C)n1. The van der Waals surface area contributed by atoms with Gasteiger partial charge < -0.3 is 15.5 Å². The first-order valence-electron chi connectivity index (χ1n) is 8.01. The van der Waals surface area contributed by atoms with Crippen molar-refractivity contribution in [3.8, 4) is 0 Å². The first-order chi connectivity index (χ1) is 11.2. The third-order valence-electron chi connectivity index (χ3n) is 3.72. The van der Waals surface area contributed by atoms with Crippen LogP contribution in [0, 0.1) is 6.92 Å². The zero-order valence-corrected chi connectivity index (χ0v) is 15.2. The lowest BCUT2D eigenvalue weighted by molar-refractivity contribution is 0.0947. The van der Waals surface area contributed by atoms with E-state index in [1.807, 2.05) is 14.1 Å². The van der Waals surface area contributed by atoms with Crippen LogP contribution in [-0.2, 0) is 9.84 Å². The standard InChI is InChI=1S/C15H25N5O3S/c1-11-17-13(15(21)16-6-4-7-20(2)3)9-14(18-11)19-12-5-8-24(22,23)10-12/h9,12H,4-8,10H2,1-3H3,(H,16,21)(H,17,18,19). The van der Waals surface area contributed by atoms with Crippen molar-refractivity contribution in [3.63, 3.8) is 0 Å². The fourth-order valence-corrected chi connectivity index (χ4v) is 4.24. The Hall–Kier alpha value is -1.74. The number of aryl methyl sites for hydroxylation is 1. The van der Waals surface area contributed by atoms with Gasteiger partial charge in [0.2, 0.25) is 0 Å². The van der Waals surface area contributed by atoms with Gasteiger partial charge in [-0.2, -0.15) is 0 Å². The normalized spacial score (nSPS) is 19.4. The number of carbonyl (C=O) groups is 1. The number of nitrogens with zero attached hydrogens (tertiary/aromatic N) is 3. The van der Waals surface area contributed by atoms with Gasteiger partial charge >= 0.3 is 0 Å². The van der Waals surface area contributed by atoms with Gasteiger partial charge in [0.05, 0.1) is 11.5 Å². The second-order valence-electron chi connectivity index (χ2n) is 6.34. The van der Waals surface area contributed by atoms with Gasteiger partial charge in [-0.1, -0.05) is 0 Å². The van der Waals surface area contributed by atoms with Crippen molar-refractivity contribution in [2.75, 3.05) is 44.0 Å². The van der Waals surface area contributed by atoms with Crippen LogP contribution in [0.2, 0.25) is 0 Å². The van der Waals surface area contributed by atoms with Crippen molar-refractivity contribution >= 4 is 21.6 Å². The average Bonchev–Trinajstić information content (AvgIpc) is 2.81. The van der Waals surface area contributed by atoms with Crippen molar-refractivity contribution in [1.29, 1.82) is 0 Å². The molecule has 0 radical (unpaired) electrons. The summed E-state index contributed by atoms with van der Waals surface area (Å²) >= 11 is 0. The fourth-order valence-electron chi connectivity index (χ4n) is 2.56. The summed E-state index contributed by atoms with van der Waals surface area (Å²) in [4.78, 5) is 22.7. The van der Waals surface area contributed by atoms with E-state index in [-0.39, 0.29) is 29.1 Å². The summed E-state index contributed by atoms with van der Waals surface area (Å²) in [7, 11) is 1.00. The molecule has 0 spiro atoms. The molecule has 8 nitrogen and oxygen atoms in total. The summed E-state index contributed by atoms with van der Waals surface area (Å²) in [6, 6.07) is 1.40. The predicted octanol–water partition coefficient (Wildman–Crippen LogP) is 0.0655. The van der Waals surface area contributed by atoms with Crippen LogP contribution in [0.25, 0.3) is 0 Å². The lowest BCUT2D eigenvalue weighted by atomic mass is 10.2. The third-order valence-corrected chi connectivity index (χ3v) is 5.49. The number of anilines is 1. The highest BCUT2D eigenvalue weighted by Gasteiger charge is 2.28. The molecule has 2 N–H and O–H groups in total. The van der Waals surface area contributed by atoms with Crippen molar-refractivity contribution in [3.05, 3.63) is 17.6 Å². The molecule has 1 aromatic heterocycles. The van der Waals surface area contributed by atoms with Crippen LogP contribution in [-0.4, -0.2) is 73.9 Å². The van der Waals surface area contributed by atoms with Gasteiger partial charge in [-0.05, 0) is 40.4 Å². The Labute approximate surface area is 143 Å². The van der Waals surface area contributed by atoms with E-state index in [0.29, 0.717) is 24.6 Å². The number of sulfone groups is 1. The minimum absolute atomic E-state index is 0.0993. The Morgan fingerprint density at radius 1 is 1.38 bits per heavy atom. The van der Waals surface area contributed by atoms with Crippen LogP contribution in [0.15, 0.2) is 6.07 Å². The number of hydrogen-bond acceptors (Lipinski definition) is 7. The van der Waals surface area contributed by atoms with Gasteiger partial charge in [-0.3, -0.25) is 4.79 Å². The van der Waals surface area contributed by atoms with Crippen LogP contribution < -0.4 is 10.6 Å². The van der Waals surface area contributed by atoms with Gasteiger partial charge in [0.25, 0.3) is 5.91 Å². The molecule has 2 heterocycles. The Balaban J connectivity index is 1.96. The second-order valence-corrected chi connectivity index (χ2v) is 8.57. The van der Waals surface area contributed by atoms with Gasteiger partial charge in [0.15, 0.2) is 9.84 Å². The van der Waals surface area contributed by atoms with Crippen molar-refractivity contribution in [1.82, 2.24) is 20.2 Å². The highest BCUT2D eigenvalue weighted by atomic mass is 32.2. The first kappa shape index (κ1) is 18.6. The molecule has 1 unspecified atom stereocenters. The number of amides is 1. The molecule has 0 aliphatic carbocycles. The van der Waals surface area contributed by atoms with Crippen molar-refractivity contribution in [2.24, 2.45) is 0 Å². The molecule has 0 aromatic carbocycles. The number of hydrogen-bond donors (Lipinski definition) is 2. The summed E-state index contributed by atoms with van der Waals surface area (Å²) < 4.78 is 23.1. The molecule has 1 saturated heterocycles. The second kappa shape index (κ2) is 7.89. The molecular formula is C15H25N5O3S. The Morgan fingerprint density at radius 3 is 2.75 bits per heavy atom. The summed E-state index contributed by atoms with van der Waals surface area (Å²) in [6.45, 7) is 3.18. The highest BCUT2D eigenvalue weighted by Crippen LogP contribution is 2.17. The molecular weight excluding hydrogens is 330 g/mol. The quantitative estimate of drug-likeness (QED) is 0.667. The Kier molecular flexibility index (Phi) is 6.11. The summed E-state index contributed by atoms with van der Waals surface area (Å²) in [5.74, 6) is 1.000. The minimum atomic E-state index is -2.96. The van der Waals surface area contributed by atoms with Crippen molar-refractivity contribution in [2.45, 2.75) is 25.8 Å². The van der Waals surface area contributed by atoms with Gasteiger partial charge in [0.1, 0.15) is 17.3 Å². The van der Waals surface area contributed by atoms with Crippen LogP contribution in [0.4, 0.5) is 5.82 Å². The molecule has 1 aliphatic heterocycles. The molecule has 1 amide bonds. The zero-order valence-electron chi connectivity index (χ0n) is 14.4. The smallest absolute Gasteiger partial charge is 0.270 e. The van der Waals surface area contributed by atoms with E-state index in [0.717, 1.165) is 13.0 Å². The molecule has 134 valence electrons. The molecule has 0 saturated carbocycles. The third kappa shape index (κ3) is 5.72. The topological polar surface area (TPSA) is 104 Å². The van der Waals surface area contributed by atoms with E-state index >= 15 is 0 Å². The number of aromatic nitrogens is 2. The van der Waals surface area contributed by atoms with E-state index in [1.165, 1.54) is 0 Å². The lowest BCUT2D eigenvalue weighted by Crippen LogP contribution is -2.28. The fraction of sp³-hybridized carbons (Fsp3) is 0.667. The van der Waals surface area contributed by atoms with E-state index < -0.39 is 9.84 Å². The van der Waals surface area contributed by atoms with E-state index in [4.69, 9.17) is 0 Å². The monoisotopic (exact) mass is 355 g/mol. The molecule has 9 heteroatoms. The van der Waals surface area contributed by atoms with E-state index in [9.17, 15) is 13.2 Å². The number of nitrogens with one attached hydrogen (secondary N) is 2. The number of rotatable bonds is 7. The van der Waals surface area contributed by atoms with Crippen LogP contribution in [0.5, 0.6) is 0 Å². The minimum Gasteiger partial charge on any atom is -0.366 e. The predicted molar refractivity (Wildman–Crippen MR) is 93.0 cm³/mol. The zero-order chi connectivity index (χ0) is 17.7. The maximum atomic E-state index is 12.2. The molecule has 24 heavy (non-hydrogen) atoms. The van der Waals surface area contributed by atoms with E-state index in [1.54, 1.807) is 13.0 Å². The molecule has 1 atom stereocenters. The molecule has 1 aromatic rings. The summed E-state index contributed by atoms with van der Waals surface area (Å²) in [5.41, 5.74) is 0.288. The van der Waals surface area contributed by atoms with Gasteiger partial charge in [0, 0.05) is 18.7 Å².